The van der Waals surface area contributed by atoms with Crippen molar-refractivity contribution in [2.45, 2.75) is 37.4 Å². The van der Waals surface area contributed by atoms with Gasteiger partial charge in [-0.1, -0.05) is 11.3 Å². The van der Waals surface area contributed by atoms with Gasteiger partial charge >= 0.3 is 0 Å². The second-order valence-electron chi connectivity index (χ2n) is 9.05. The van der Waals surface area contributed by atoms with E-state index in [0.29, 0.717) is 11.3 Å². The van der Waals surface area contributed by atoms with Crippen LogP contribution in [0.25, 0.3) is 27.2 Å². The fourth-order valence-electron chi connectivity index (χ4n) is 4.75. The van der Waals surface area contributed by atoms with Crippen LogP contribution in [0, 0.1) is 24.1 Å². The molecule has 3 aromatic heterocycles. The Kier molecular flexibility index (Phi) is 6.37. The second kappa shape index (κ2) is 9.88. The molecule has 5 atom stereocenters. The number of aliphatic hydroxyl groups is 3. The normalized spacial score (nSPS) is 23.2. The highest BCUT2D eigenvalue weighted by Crippen LogP contribution is 2.38. The summed E-state index contributed by atoms with van der Waals surface area (Å²) in [5.74, 6) is -0.449. The third-order valence-corrected chi connectivity index (χ3v) is 7.58. The van der Waals surface area contributed by atoms with Crippen LogP contribution in [0.2, 0.25) is 0 Å². The van der Waals surface area contributed by atoms with Gasteiger partial charge in [-0.3, -0.25) is 0 Å². The molecule has 0 radical (unpaired) electrons. The summed E-state index contributed by atoms with van der Waals surface area (Å²) in [6.07, 6.45) is -2.15. The number of thiazole rings is 1. The van der Waals surface area contributed by atoms with Gasteiger partial charge in [0.05, 0.1) is 39.3 Å². The van der Waals surface area contributed by atoms with Gasteiger partial charge in [0.1, 0.15) is 54.4 Å². The van der Waals surface area contributed by atoms with E-state index in [4.69, 9.17) is 10.00 Å². The van der Waals surface area contributed by atoms with Gasteiger partial charge in [-0.05, 0) is 37.3 Å². The van der Waals surface area contributed by atoms with Gasteiger partial charge in [-0.2, -0.15) is 10.4 Å². The summed E-state index contributed by atoms with van der Waals surface area (Å²) in [6.45, 7) is 1.38. The van der Waals surface area contributed by atoms with E-state index in [0.717, 1.165) is 21.3 Å². The molecule has 0 spiro atoms. The molecule has 39 heavy (non-hydrogen) atoms. The molecule has 0 amide bonds. The number of fused-ring (bicyclic) bond motifs is 1. The molecule has 1 aliphatic heterocycles. The van der Waals surface area contributed by atoms with E-state index in [1.165, 1.54) is 45.4 Å². The van der Waals surface area contributed by atoms with Gasteiger partial charge in [-0.15, -0.1) is 16.4 Å². The van der Waals surface area contributed by atoms with Crippen LogP contribution in [0.5, 0.6) is 0 Å². The molecule has 0 unspecified atom stereocenters. The Bertz CT molecular complexity index is 1710. The SMILES string of the molecule is Cc1nc2ccc(-n3ncnc3[C@@H]3O[C@H](CO)[C@H](O)[C@H](n4cc(-c5ccc(C#N)c(F)c5)nn4)[C@H]3O)cc2s1. The van der Waals surface area contributed by atoms with Gasteiger partial charge in [0.25, 0.3) is 0 Å². The highest BCUT2D eigenvalue weighted by Gasteiger charge is 2.48. The first-order valence-electron chi connectivity index (χ1n) is 11.9. The molecule has 5 aromatic rings. The number of hydrogen-bond donors (Lipinski definition) is 3. The Morgan fingerprint density at radius 3 is 2.79 bits per heavy atom. The summed E-state index contributed by atoms with van der Waals surface area (Å²) >= 11 is 1.53. The molecule has 12 nitrogen and oxygen atoms in total. The summed E-state index contributed by atoms with van der Waals surface area (Å²) in [5, 5.41) is 54.7. The first-order valence-corrected chi connectivity index (χ1v) is 12.7. The number of rotatable bonds is 5. The maximum absolute atomic E-state index is 14.2. The van der Waals surface area contributed by atoms with E-state index in [2.05, 4.69) is 25.4 Å². The predicted octanol–water partition coefficient (Wildman–Crippen LogP) is 1.85. The molecule has 1 saturated heterocycles. The molecule has 2 aromatic carbocycles. The summed E-state index contributed by atoms with van der Waals surface area (Å²) in [7, 11) is 0. The fraction of sp³-hybridized carbons (Fsp3) is 0.280. The van der Waals surface area contributed by atoms with E-state index in [1.54, 1.807) is 6.07 Å². The van der Waals surface area contributed by atoms with Crippen molar-refractivity contribution in [3.8, 4) is 23.0 Å². The molecular weight excluding hydrogens is 527 g/mol. The van der Waals surface area contributed by atoms with Crippen LogP contribution in [0.1, 0.15) is 28.5 Å². The highest BCUT2D eigenvalue weighted by molar-refractivity contribution is 7.18. The highest BCUT2D eigenvalue weighted by atomic mass is 32.1. The number of aromatic nitrogens is 7. The number of nitrogens with zero attached hydrogens (tertiary/aromatic N) is 8. The minimum absolute atomic E-state index is 0.108. The molecule has 0 saturated carbocycles. The zero-order chi connectivity index (χ0) is 27.3. The lowest BCUT2D eigenvalue weighted by atomic mass is 9.92. The van der Waals surface area contributed by atoms with Crippen molar-refractivity contribution in [3.05, 3.63) is 71.1 Å². The van der Waals surface area contributed by atoms with Gasteiger partial charge in [0.2, 0.25) is 0 Å². The first-order chi connectivity index (χ1) is 18.9. The lowest BCUT2D eigenvalue weighted by Gasteiger charge is -2.41. The molecule has 1 fully saturated rings. The first kappa shape index (κ1) is 25.2. The summed E-state index contributed by atoms with van der Waals surface area (Å²) < 4.78 is 23.8. The number of halogens is 1. The van der Waals surface area contributed by atoms with Crippen molar-refractivity contribution in [1.29, 1.82) is 5.26 Å². The lowest BCUT2D eigenvalue weighted by molar-refractivity contribution is -0.210. The number of aliphatic hydroxyl groups excluding tert-OH is 3. The molecular formula is C25H21FN8O4S. The number of nitriles is 1. The monoisotopic (exact) mass is 548 g/mol. The quantitative estimate of drug-likeness (QED) is 0.295. The van der Waals surface area contributed by atoms with Crippen molar-refractivity contribution in [3.63, 3.8) is 0 Å². The summed E-state index contributed by atoms with van der Waals surface area (Å²) in [5.41, 5.74) is 2.03. The molecule has 14 heteroatoms. The Balaban J connectivity index is 1.35. The Morgan fingerprint density at radius 1 is 1.18 bits per heavy atom. The zero-order valence-electron chi connectivity index (χ0n) is 20.3. The molecule has 6 rings (SSSR count). The van der Waals surface area contributed by atoms with Gasteiger partial charge in [0.15, 0.2) is 5.82 Å². The van der Waals surface area contributed by atoms with E-state index in [1.807, 2.05) is 25.1 Å². The maximum Gasteiger partial charge on any atom is 0.163 e. The van der Waals surface area contributed by atoms with Crippen LogP contribution >= 0.6 is 11.3 Å². The van der Waals surface area contributed by atoms with E-state index >= 15 is 0 Å². The van der Waals surface area contributed by atoms with Crippen LogP contribution in [0.4, 0.5) is 4.39 Å². The Hall–Kier alpha value is -4.13. The third kappa shape index (κ3) is 4.36. The van der Waals surface area contributed by atoms with Crippen molar-refractivity contribution < 1.29 is 24.4 Å². The smallest absolute Gasteiger partial charge is 0.163 e. The predicted molar refractivity (Wildman–Crippen MR) is 135 cm³/mol. The number of benzene rings is 2. The van der Waals surface area contributed by atoms with E-state index < -0.39 is 42.9 Å². The summed E-state index contributed by atoms with van der Waals surface area (Å²) in [6, 6.07) is 10.3. The topological polar surface area (TPSA) is 168 Å². The molecule has 4 heterocycles. The van der Waals surface area contributed by atoms with Crippen LogP contribution in [-0.2, 0) is 4.74 Å². The third-order valence-electron chi connectivity index (χ3n) is 6.65. The second-order valence-corrected chi connectivity index (χ2v) is 10.3. The fourth-order valence-corrected chi connectivity index (χ4v) is 5.61. The number of hydrogen-bond acceptors (Lipinski definition) is 11. The van der Waals surface area contributed by atoms with Crippen LogP contribution in [0.15, 0.2) is 48.9 Å². The molecule has 1 aliphatic rings. The lowest BCUT2D eigenvalue weighted by Crippen LogP contribution is -2.53. The van der Waals surface area contributed by atoms with Crippen molar-refractivity contribution in [1.82, 2.24) is 34.7 Å². The molecule has 198 valence electrons. The standard InChI is InChI=1S/C25H21FN8O4S/c1-12-30-17-5-4-15(7-20(17)39-12)34-25(28-11-29-34)24-23(37)21(22(36)19(10-35)38-24)33-9-18(31-32-33)13-2-3-14(8-27)16(26)6-13/h2-7,9,11,19,21-24,35-37H,10H2,1H3/t19-,21+,22+,23-,24-/m1/s1. The molecule has 0 bridgehead atoms. The van der Waals surface area contributed by atoms with Crippen LogP contribution in [0.3, 0.4) is 0 Å². The van der Waals surface area contributed by atoms with Crippen LogP contribution in [-0.4, -0.2) is 75.0 Å². The van der Waals surface area contributed by atoms with E-state index in [9.17, 15) is 19.7 Å². The minimum atomic E-state index is -1.38. The van der Waals surface area contributed by atoms with Crippen molar-refractivity contribution in [2.75, 3.05) is 6.61 Å². The van der Waals surface area contributed by atoms with Gasteiger partial charge in [-0.25, -0.2) is 23.7 Å². The Morgan fingerprint density at radius 2 is 2.03 bits per heavy atom. The van der Waals surface area contributed by atoms with E-state index in [-0.39, 0.29) is 17.1 Å². The average molecular weight is 549 g/mol. The van der Waals surface area contributed by atoms with Gasteiger partial charge in [0, 0.05) is 5.56 Å². The number of aryl methyl sites for hydroxylation is 1. The maximum atomic E-state index is 14.2. The number of ether oxygens (including phenoxy) is 1. The largest absolute Gasteiger partial charge is 0.394 e. The summed E-state index contributed by atoms with van der Waals surface area (Å²) in [4.78, 5) is 8.80. The van der Waals surface area contributed by atoms with Crippen molar-refractivity contribution >= 4 is 21.6 Å². The average Bonchev–Trinajstić information content (AvgIpc) is 3.68. The van der Waals surface area contributed by atoms with Crippen LogP contribution < -0.4 is 0 Å². The molecule has 3 N–H and O–H groups in total. The Labute approximate surface area is 224 Å². The van der Waals surface area contributed by atoms with Crippen molar-refractivity contribution in [2.24, 2.45) is 0 Å². The van der Waals surface area contributed by atoms with Gasteiger partial charge < -0.3 is 20.1 Å². The zero-order valence-corrected chi connectivity index (χ0v) is 21.1. The molecule has 0 aliphatic carbocycles. The minimum Gasteiger partial charge on any atom is -0.394 e.